The topological polar surface area (TPSA) is 57.8 Å². The zero-order chi connectivity index (χ0) is 15.8. The van der Waals surface area contributed by atoms with E-state index in [9.17, 15) is 9.90 Å². The van der Waals surface area contributed by atoms with Crippen molar-refractivity contribution in [1.82, 2.24) is 9.38 Å². The maximum absolute atomic E-state index is 11.2. The Bertz CT molecular complexity index is 841. The molecular formula is C17H17N3O2S. The first kappa shape index (κ1) is 14.3. The molecular weight excluding hydrogens is 310 g/mol. The fraction of sp³-hybridized carbons (Fsp3) is 0.294. The van der Waals surface area contributed by atoms with Crippen LogP contribution in [0.5, 0.6) is 0 Å². The van der Waals surface area contributed by atoms with E-state index in [4.69, 9.17) is 0 Å². The number of carboxylic acid groups (broad SMARTS) is 1. The van der Waals surface area contributed by atoms with Gasteiger partial charge in [0.25, 0.3) is 0 Å². The molecule has 0 spiro atoms. The Kier molecular flexibility index (Phi) is 3.53. The van der Waals surface area contributed by atoms with Crippen molar-refractivity contribution in [2.24, 2.45) is 5.92 Å². The quantitative estimate of drug-likeness (QED) is 0.801. The molecule has 0 bridgehead atoms. The molecule has 0 aromatic carbocycles. The van der Waals surface area contributed by atoms with E-state index in [0.29, 0.717) is 6.54 Å². The molecule has 0 radical (unpaired) electrons. The lowest BCUT2D eigenvalue weighted by atomic mass is 9.98. The molecule has 118 valence electrons. The third-order valence-electron chi connectivity index (χ3n) is 4.34. The molecule has 3 aromatic rings. The molecule has 1 unspecified atom stereocenters. The summed E-state index contributed by atoms with van der Waals surface area (Å²) in [7, 11) is 0. The third kappa shape index (κ3) is 2.70. The predicted molar refractivity (Wildman–Crippen MR) is 91.1 cm³/mol. The smallest absolute Gasteiger partial charge is 0.308 e. The Hall–Kier alpha value is -2.34. The molecule has 1 saturated heterocycles. The number of anilines is 1. The van der Waals surface area contributed by atoms with E-state index in [1.54, 1.807) is 11.3 Å². The van der Waals surface area contributed by atoms with E-state index in [0.717, 1.165) is 41.3 Å². The number of hydrogen-bond acceptors (Lipinski definition) is 4. The summed E-state index contributed by atoms with van der Waals surface area (Å²) in [6.45, 7) is 1.48. The van der Waals surface area contributed by atoms with Gasteiger partial charge in [0.15, 0.2) is 0 Å². The first-order valence-corrected chi connectivity index (χ1v) is 8.59. The number of rotatable bonds is 3. The van der Waals surface area contributed by atoms with Crippen molar-refractivity contribution >= 4 is 28.6 Å². The summed E-state index contributed by atoms with van der Waals surface area (Å²) in [6, 6.07) is 8.12. The lowest BCUT2D eigenvalue weighted by molar-refractivity contribution is -0.141. The van der Waals surface area contributed by atoms with Crippen LogP contribution in [0.25, 0.3) is 16.2 Å². The minimum absolute atomic E-state index is 0.274. The van der Waals surface area contributed by atoms with Crippen LogP contribution in [0, 0.1) is 5.92 Å². The first-order chi connectivity index (χ1) is 11.2. The van der Waals surface area contributed by atoms with Gasteiger partial charge in [0.1, 0.15) is 5.65 Å². The molecule has 5 nitrogen and oxygen atoms in total. The number of aromatic nitrogens is 2. The number of thiophene rings is 1. The summed E-state index contributed by atoms with van der Waals surface area (Å²) in [5.74, 6) is -0.970. The van der Waals surface area contributed by atoms with Gasteiger partial charge in [-0.2, -0.15) is 0 Å². The lowest BCUT2D eigenvalue weighted by Crippen LogP contribution is -2.38. The number of carbonyl (C=O) groups is 1. The average molecular weight is 327 g/mol. The van der Waals surface area contributed by atoms with Crippen LogP contribution in [0.3, 0.4) is 0 Å². The summed E-state index contributed by atoms with van der Waals surface area (Å²) >= 11 is 1.68. The van der Waals surface area contributed by atoms with Gasteiger partial charge < -0.3 is 14.4 Å². The standard InChI is InChI=1S/C17H17N3O2S/c21-17(22)12-3-1-7-19(9-12)13-5-6-16-18-14(11-20(16)10-13)15-4-2-8-23-15/h2,4-6,8,10-12H,1,3,7,9H2,(H,21,22). The normalized spacial score (nSPS) is 18.4. The van der Waals surface area contributed by atoms with E-state index in [-0.39, 0.29) is 5.92 Å². The summed E-state index contributed by atoms with van der Waals surface area (Å²) in [4.78, 5) is 19.2. The summed E-state index contributed by atoms with van der Waals surface area (Å²) < 4.78 is 2.02. The number of carboxylic acids is 1. The van der Waals surface area contributed by atoms with Crippen molar-refractivity contribution in [3.8, 4) is 10.6 Å². The number of nitrogens with zero attached hydrogens (tertiary/aromatic N) is 3. The van der Waals surface area contributed by atoms with Gasteiger partial charge >= 0.3 is 5.97 Å². The molecule has 1 aliphatic rings. The number of aliphatic carboxylic acids is 1. The predicted octanol–water partition coefficient (Wildman–Crippen LogP) is 3.36. The lowest BCUT2D eigenvalue weighted by Gasteiger charge is -2.32. The molecule has 1 fully saturated rings. The van der Waals surface area contributed by atoms with Crippen molar-refractivity contribution in [3.05, 3.63) is 42.0 Å². The molecule has 4 heterocycles. The second kappa shape index (κ2) is 5.70. The maximum Gasteiger partial charge on any atom is 0.308 e. The Morgan fingerprint density at radius 1 is 1.30 bits per heavy atom. The van der Waals surface area contributed by atoms with Crippen LogP contribution < -0.4 is 4.90 Å². The molecule has 1 atom stereocenters. The van der Waals surface area contributed by atoms with Crippen molar-refractivity contribution < 1.29 is 9.90 Å². The third-order valence-corrected chi connectivity index (χ3v) is 5.24. The van der Waals surface area contributed by atoms with Crippen molar-refractivity contribution in [1.29, 1.82) is 0 Å². The van der Waals surface area contributed by atoms with Crippen LogP contribution in [0.15, 0.2) is 42.0 Å². The molecule has 23 heavy (non-hydrogen) atoms. The molecule has 4 rings (SSSR count). The molecule has 0 saturated carbocycles. The van der Waals surface area contributed by atoms with Crippen LogP contribution in [-0.2, 0) is 4.79 Å². The van der Waals surface area contributed by atoms with Gasteiger partial charge in [0.05, 0.1) is 22.2 Å². The summed E-state index contributed by atoms with van der Waals surface area (Å²) in [6.07, 6.45) is 5.76. The van der Waals surface area contributed by atoms with Crippen molar-refractivity contribution in [2.75, 3.05) is 18.0 Å². The SMILES string of the molecule is O=C(O)C1CCCN(c2ccc3nc(-c4cccs4)cn3c2)C1. The first-order valence-electron chi connectivity index (χ1n) is 7.71. The van der Waals surface area contributed by atoms with Crippen LogP contribution in [0.2, 0.25) is 0 Å². The highest BCUT2D eigenvalue weighted by atomic mass is 32.1. The maximum atomic E-state index is 11.2. The van der Waals surface area contributed by atoms with E-state index >= 15 is 0 Å². The number of hydrogen-bond donors (Lipinski definition) is 1. The second-order valence-electron chi connectivity index (χ2n) is 5.88. The van der Waals surface area contributed by atoms with E-state index in [1.165, 1.54) is 0 Å². The van der Waals surface area contributed by atoms with Crippen LogP contribution in [0.4, 0.5) is 5.69 Å². The van der Waals surface area contributed by atoms with Gasteiger partial charge in [-0.25, -0.2) is 4.98 Å². The number of pyridine rings is 1. The Morgan fingerprint density at radius 2 is 2.22 bits per heavy atom. The minimum Gasteiger partial charge on any atom is -0.481 e. The Labute approximate surface area is 137 Å². The summed E-state index contributed by atoms with van der Waals surface area (Å²) in [5.41, 5.74) is 2.93. The van der Waals surface area contributed by atoms with Gasteiger partial charge in [-0.15, -0.1) is 11.3 Å². The number of piperidine rings is 1. The highest BCUT2D eigenvalue weighted by Crippen LogP contribution is 2.27. The van der Waals surface area contributed by atoms with Gasteiger partial charge in [0.2, 0.25) is 0 Å². The average Bonchev–Trinajstić information content (AvgIpc) is 3.23. The molecule has 6 heteroatoms. The molecule has 0 aliphatic carbocycles. The van der Waals surface area contributed by atoms with E-state index in [1.807, 2.05) is 40.4 Å². The highest BCUT2D eigenvalue weighted by molar-refractivity contribution is 7.13. The van der Waals surface area contributed by atoms with E-state index < -0.39 is 5.97 Å². The largest absolute Gasteiger partial charge is 0.481 e. The zero-order valence-corrected chi connectivity index (χ0v) is 13.4. The summed E-state index contributed by atoms with van der Waals surface area (Å²) in [5, 5.41) is 11.3. The monoisotopic (exact) mass is 327 g/mol. The number of imidazole rings is 1. The second-order valence-corrected chi connectivity index (χ2v) is 6.83. The van der Waals surface area contributed by atoms with E-state index in [2.05, 4.69) is 16.0 Å². The fourth-order valence-corrected chi connectivity index (χ4v) is 3.80. The van der Waals surface area contributed by atoms with Crippen molar-refractivity contribution in [2.45, 2.75) is 12.8 Å². The van der Waals surface area contributed by atoms with Gasteiger partial charge in [-0.3, -0.25) is 4.79 Å². The van der Waals surface area contributed by atoms with Crippen LogP contribution >= 0.6 is 11.3 Å². The highest BCUT2D eigenvalue weighted by Gasteiger charge is 2.25. The van der Waals surface area contributed by atoms with Gasteiger partial charge in [-0.05, 0) is 36.4 Å². The fourth-order valence-electron chi connectivity index (χ4n) is 3.12. The van der Waals surface area contributed by atoms with Gasteiger partial charge in [0, 0.05) is 25.5 Å². The Morgan fingerprint density at radius 3 is 3.00 bits per heavy atom. The molecule has 3 aromatic heterocycles. The zero-order valence-electron chi connectivity index (χ0n) is 12.6. The minimum atomic E-state index is -0.696. The molecule has 1 N–H and O–H groups in total. The Balaban J connectivity index is 1.65. The van der Waals surface area contributed by atoms with Gasteiger partial charge in [-0.1, -0.05) is 6.07 Å². The van der Waals surface area contributed by atoms with Crippen molar-refractivity contribution in [3.63, 3.8) is 0 Å². The molecule has 1 aliphatic heterocycles. The van der Waals surface area contributed by atoms with Crippen LogP contribution in [0.1, 0.15) is 12.8 Å². The number of fused-ring (bicyclic) bond motifs is 1. The molecule has 0 amide bonds. The van der Waals surface area contributed by atoms with Crippen LogP contribution in [-0.4, -0.2) is 33.6 Å².